The van der Waals surface area contributed by atoms with Gasteiger partial charge in [0.05, 0.1) is 6.33 Å². The van der Waals surface area contributed by atoms with Crippen molar-refractivity contribution in [2.75, 3.05) is 32.8 Å². The number of aliphatic hydroxyl groups excluding tert-OH is 1. The summed E-state index contributed by atoms with van der Waals surface area (Å²) in [4.78, 5) is 3.96. The lowest BCUT2D eigenvalue weighted by atomic mass is 9.98. The molecule has 10 heteroatoms. The van der Waals surface area contributed by atoms with Crippen LogP contribution in [0.5, 0.6) is 11.5 Å². The van der Waals surface area contributed by atoms with Crippen LogP contribution in [-0.2, 0) is 17.1 Å². The summed E-state index contributed by atoms with van der Waals surface area (Å²) in [7, 11) is -1.78. The number of phenolic OH excluding ortho intramolecular Hbond substituents is 1. The molecular weight excluding hydrogens is 396 g/mol. The SMILES string of the molecule is Cn1cnc(S(=O)(=O)N2CCC(CNCC(O)COc3ccc(O)cc3)CC2)c1. The van der Waals surface area contributed by atoms with Gasteiger partial charge in [0.1, 0.15) is 24.2 Å². The number of rotatable bonds is 9. The molecule has 1 aromatic heterocycles. The summed E-state index contributed by atoms with van der Waals surface area (Å²) in [5.74, 6) is 1.11. The van der Waals surface area contributed by atoms with Crippen LogP contribution in [-0.4, -0.2) is 71.4 Å². The van der Waals surface area contributed by atoms with Gasteiger partial charge in [-0.05, 0) is 49.6 Å². The third-order valence-corrected chi connectivity index (χ3v) is 6.74. The van der Waals surface area contributed by atoms with Crippen LogP contribution in [0.3, 0.4) is 0 Å². The van der Waals surface area contributed by atoms with Gasteiger partial charge in [-0.3, -0.25) is 0 Å². The predicted molar refractivity (Wildman–Crippen MR) is 107 cm³/mol. The summed E-state index contributed by atoms with van der Waals surface area (Å²) in [6, 6.07) is 6.34. The van der Waals surface area contributed by atoms with Gasteiger partial charge in [0.15, 0.2) is 5.03 Å². The van der Waals surface area contributed by atoms with Crippen LogP contribution >= 0.6 is 0 Å². The number of imidazole rings is 1. The Hall–Kier alpha value is -2.14. The van der Waals surface area contributed by atoms with Gasteiger partial charge in [0.25, 0.3) is 10.0 Å². The molecule has 0 amide bonds. The molecule has 9 nitrogen and oxygen atoms in total. The first kappa shape index (κ1) is 21.6. The summed E-state index contributed by atoms with van der Waals surface area (Å²) in [6.45, 7) is 2.20. The largest absolute Gasteiger partial charge is 0.508 e. The van der Waals surface area contributed by atoms with E-state index in [1.54, 1.807) is 23.7 Å². The first-order valence-corrected chi connectivity index (χ1v) is 11.1. The second kappa shape index (κ2) is 9.57. The minimum Gasteiger partial charge on any atom is -0.508 e. The first-order valence-electron chi connectivity index (χ1n) is 9.63. The van der Waals surface area contributed by atoms with Crippen molar-refractivity contribution in [2.45, 2.75) is 24.0 Å². The highest BCUT2D eigenvalue weighted by atomic mass is 32.2. The van der Waals surface area contributed by atoms with E-state index < -0.39 is 16.1 Å². The number of nitrogens with zero attached hydrogens (tertiary/aromatic N) is 3. The number of ether oxygens (including phenoxy) is 1. The molecule has 2 heterocycles. The third-order valence-electron chi connectivity index (χ3n) is 4.95. The highest BCUT2D eigenvalue weighted by Gasteiger charge is 2.30. The van der Waals surface area contributed by atoms with E-state index >= 15 is 0 Å². The van der Waals surface area contributed by atoms with Crippen molar-refractivity contribution in [1.29, 1.82) is 0 Å². The molecule has 0 spiro atoms. The monoisotopic (exact) mass is 424 g/mol. The first-order chi connectivity index (χ1) is 13.8. The average molecular weight is 425 g/mol. The number of hydrogen-bond acceptors (Lipinski definition) is 7. The molecule has 1 saturated heterocycles. The normalized spacial score (nSPS) is 17.3. The fourth-order valence-corrected chi connectivity index (χ4v) is 4.69. The van der Waals surface area contributed by atoms with E-state index in [9.17, 15) is 18.6 Å². The zero-order chi connectivity index (χ0) is 20.9. The van der Waals surface area contributed by atoms with E-state index in [0.29, 0.717) is 37.8 Å². The van der Waals surface area contributed by atoms with E-state index in [4.69, 9.17) is 4.74 Å². The minimum atomic E-state index is -3.53. The maximum absolute atomic E-state index is 12.6. The molecule has 1 atom stereocenters. The molecule has 1 unspecified atom stereocenters. The van der Waals surface area contributed by atoms with Gasteiger partial charge >= 0.3 is 0 Å². The number of hydrogen-bond donors (Lipinski definition) is 3. The summed E-state index contributed by atoms with van der Waals surface area (Å²) < 4.78 is 33.8. The van der Waals surface area contributed by atoms with Crippen LogP contribution < -0.4 is 10.1 Å². The molecule has 0 aliphatic carbocycles. The average Bonchev–Trinajstić information content (AvgIpc) is 3.15. The van der Waals surface area contributed by atoms with Gasteiger partial charge in [-0.2, -0.15) is 4.31 Å². The highest BCUT2D eigenvalue weighted by molar-refractivity contribution is 7.89. The van der Waals surface area contributed by atoms with Crippen LogP contribution in [0.15, 0.2) is 41.8 Å². The van der Waals surface area contributed by atoms with Crippen LogP contribution in [0.1, 0.15) is 12.8 Å². The van der Waals surface area contributed by atoms with Crippen molar-refractivity contribution in [3.63, 3.8) is 0 Å². The molecule has 3 N–H and O–H groups in total. The van der Waals surface area contributed by atoms with Gasteiger partial charge in [-0.25, -0.2) is 13.4 Å². The molecular formula is C19H28N4O5S. The number of sulfonamides is 1. The Bertz CT molecular complexity index is 876. The van der Waals surface area contributed by atoms with E-state index in [0.717, 1.165) is 12.8 Å². The topological polar surface area (TPSA) is 117 Å². The van der Waals surface area contributed by atoms with Gasteiger partial charge in [0, 0.05) is 32.9 Å². The molecule has 0 bridgehead atoms. The highest BCUT2D eigenvalue weighted by Crippen LogP contribution is 2.22. The summed E-state index contributed by atoms with van der Waals surface area (Å²) in [5.41, 5.74) is 0. The number of phenols is 1. The standard InChI is InChI=1S/C19H28N4O5S/c1-22-12-19(21-14-22)29(26,27)23-8-6-15(7-9-23)10-20-11-17(25)13-28-18-4-2-16(24)3-5-18/h2-5,12,14-15,17,20,24-25H,6-11,13H2,1H3. The van der Waals surface area contributed by atoms with Crippen LogP contribution in [0, 0.1) is 5.92 Å². The molecule has 0 radical (unpaired) electrons. The maximum atomic E-state index is 12.6. The zero-order valence-electron chi connectivity index (χ0n) is 16.4. The summed E-state index contributed by atoms with van der Waals surface area (Å²) in [5, 5.41) is 22.6. The number of aromatic nitrogens is 2. The zero-order valence-corrected chi connectivity index (χ0v) is 17.3. The van der Waals surface area contributed by atoms with Crippen molar-refractivity contribution in [2.24, 2.45) is 13.0 Å². The van der Waals surface area contributed by atoms with Crippen molar-refractivity contribution >= 4 is 10.0 Å². The van der Waals surface area contributed by atoms with E-state index in [-0.39, 0.29) is 17.4 Å². The van der Waals surface area contributed by atoms with E-state index in [1.165, 1.54) is 29.0 Å². The number of benzene rings is 1. The van der Waals surface area contributed by atoms with Crippen molar-refractivity contribution in [1.82, 2.24) is 19.2 Å². The molecule has 2 aromatic rings. The molecule has 0 saturated carbocycles. The molecule has 160 valence electrons. The Morgan fingerprint density at radius 3 is 2.59 bits per heavy atom. The number of nitrogens with one attached hydrogen (secondary N) is 1. The lowest BCUT2D eigenvalue weighted by molar-refractivity contribution is 0.104. The number of aliphatic hydroxyl groups is 1. The van der Waals surface area contributed by atoms with Crippen molar-refractivity contribution in [3.05, 3.63) is 36.8 Å². The Kier molecular flexibility index (Phi) is 7.12. The number of aromatic hydroxyl groups is 1. The Morgan fingerprint density at radius 2 is 1.97 bits per heavy atom. The fourth-order valence-electron chi connectivity index (χ4n) is 3.26. The third kappa shape index (κ3) is 5.92. The van der Waals surface area contributed by atoms with Gasteiger partial charge in [-0.1, -0.05) is 0 Å². The second-order valence-corrected chi connectivity index (χ2v) is 9.23. The fraction of sp³-hybridized carbons (Fsp3) is 0.526. The second-order valence-electron chi connectivity index (χ2n) is 7.34. The molecule has 1 aliphatic rings. The van der Waals surface area contributed by atoms with Gasteiger partial charge in [-0.15, -0.1) is 0 Å². The number of piperidine rings is 1. The van der Waals surface area contributed by atoms with Gasteiger partial charge < -0.3 is 24.8 Å². The van der Waals surface area contributed by atoms with Crippen molar-refractivity contribution < 1.29 is 23.4 Å². The minimum absolute atomic E-state index is 0.0910. The quantitative estimate of drug-likeness (QED) is 0.538. The molecule has 1 aromatic carbocycles. The van der Waals surface area contributed by atoms with Crippen LogP contribution in [0.4, 0.5) is 0 Å². The molecule has 3 rings (SSSR count). The van der Waals surface area contributed by atoms with E-state index in [1.807, 2.05) is 0 Å². The molecule has 29 heavy (non-hydrogen) atoms. The van der Waals surface area contributed by atoms with Gasteiger partial charge in [0.2, 0.25) is 0 Å². The predicted octanol–water partition coefficient (Wildman–Crippen LogP) is 0.556. The number of aryl methyl sites for hydroxylation is 1. The Balaban J connectivity index is 1.35. The molecule has 1 fully saturated rings. The summed E-state index contributed by atoms with van der Waals surface area (Å²) >= 11 is 0. The molecule has 1 aliphatic heterocycles. The Morgan fingerprint density at radius 1 is 1.28 bits per heavy atom. The van der Waals surface area contributed by atoms with E-state index in [2.05, 4.69) is 10.3 Å². The summed E-state index contributed by atoms with van der Waals surface area (Å²) in [6.07, 6.45) is 3.87. The van der Waals surface area contributed by atoms with Crippen molar-refractivity contribution in [3.8, 4) is 11.5 Å². The lowest BCUT2D eigenvalue weighted by Crippen LogP contribution is -2.42. The lowest BCUT2D eigenvalue weighted by Gasteiger charge is -2.31. The smallest absolute Gasteiger partial charge is 0.262 e. The Labute approximate surface area is 171 Å². The van der Waals surface area contributed by atoms with Crippen LogP contribution in [0.25, 0.3) is 0 Å². The maximum Gasteiger partial charge on any atom is 0.262 e. The van der Waals surface area contributed by atoms with Crippen LogP contribution in [0.2, 0.25) is 0 Å².